The zero-order valence-corrected chi connectivity index (χ0v) is 18.3. The number of aryl methyl sites for hydroxylation is 1. The maximum absolute atomic E-state index is 11.8. The van der Waals surface area contributed by atoms with Crippen molar-refractivity contribution in [3.05, 3.63) is 53.6 Å². The van der Waals surface area contributed by atoms with E-state index in [1.54, 1.807) is 7.11 Å². The van der Waals surface area contributed by atoms with Crippen LogP contribution in [0.2, 0.25) is 0 Å². The molecular formula is C24H30N2O5. The van der Waals surface area contributed by atoms with Crippen molar-refractivity contribution in [1.29, 1.82) is 0 Å². The first-order valence-corrected chi connectivity index (χ1v) is 10.6. The highest BCUT2D eigenvalue weighted by Gasteiger charge is 2.12. The summed E-state index contributed by atoms with van der Waals surface area (Å²) < 4.78 is 10.8. The third kappa shape index (κ3) is 6.62. The fourth-order valence-electron chi connectivity index (χ4n) is 3.28. The summed E-state index contributed by atoms with van der Waals surface area (Å²) in [6.45, 7) is 4.25. The third-order valence-corrected chi connectivity index (χ3v) is 4.99. The number of amides is 1. The number of nitrogens with zero attached hydrogens (tertiary/aromatic N) is 1. The first-order valence-electron chi connectivity index (χ1n) is 10.6. The molecule has 0 fully saturated rings. The Hall–Kier alpha value is -2.74. The minimum absolute atomic E-state index is 0.171. The summed E-state index contributed by atoms with van der Waals surface area (Å²) in [5, 5.41) is 10.4. The molecule has 2 aromatic carbocycles. The molecule has 2 N–H and O–H groups in total. The molecule has 0 radical (unpaired) electrons. The third-order valence-electron chi connectivity index (χ3n) is 4.99. The van der Waals surface area contributed by atoms with Crippen LogP contribution in [0.25, 0.3) is 22.6 Å². The van der Waals surface area contributed by atoms with E-state index in [4.69, 9.17) is 14.0 Å². The second kappa shape index (κ2) is 11.0. The van der Waals surface area contributed by atoms with Crippen LogP contribution in [-0.4, -0.2) is 35.8 Å². The number of hydrogen-bond donors (Lipinski definition) is 2. The van der Waals surface area contributed by atoms with Gasteiger partial charge in [-0.15, -0.1) is 0 Å². The molecule has 2 atom stereocenters. The summed E-state index contributed by atoms with van der Waals surface area (Å²) in [4.78, 5) is 21.5. The molecule has 7 heteroatoms. The number of carbonyl (C=O) groups excluding carboxylic acids is 1. The number of nitrogens with one attached hydrogen (secondary N) is 1. The highest BCUT2D eigenvalue weighted by molar-refractivity contribution is 5.77. The van der Waals surface area contributed by atoms with Crippen LogP contribution < -0.4 is 5.48 Å². The second-order valence-electron chi connectivity index (χ2n) is 7.78. The molecule has 1 aromatic heterocycles. The lowest BCUT2D eigenvalue weighted by Crippen LogP contribution is -2.30. The SMILES string of the molecule is COC[C@@H](C)ONC(=O)CCCCC(O)c1ccc(-c2nc3cc(C)ccc3o2)cc1. The van der Waals surface area contributed by atoms with Gasteiger partial charge in [0.15, 0.2) is 5.58 Å². The number of hydroxylamine groups is 1. The van der Waals surface area contributed by atoms with Crippen molar-refractivity contribution >= 4 is 17.0 Å². The molecular weight excluding hydrogens is 396 g/mol. The van der Waals surface area contributed by atoms with Gasteiger partial charge < -0.3 is 14.3 Å². The Morgan fingerprint density at radius 2 is 1.97 bits per heavy atom. The summed E-state index contributed by atoms with van der Waals surface area (Å²) >= 11 is 0. The average molecular weight is 427 g/mol. The van der Waals surface area contributed by atoms with E-state index < -0.39 is 6.10 Å². The number of aliphatic hydroxyl groups is 1. The largest absolute Gasteiger partial charge is 0.436 e. The molecule has 0 bridgehead atoms. The second-order valence-corrected chi connectivity index (χ2v) is 7.78. The molecule has 3 aromatic rings. The number of rotatable bonds is 11. The number of oxazole rings is 1. The van der Waals surface area contributed by atoms with Crippen molar-refractivity contribution in [2.24, 2.45) is 0 Å². The molecule has 3 rings (SSSR count). The van der Waals surface area contributed by atoms with Gasteiger partial charge in [-0.1, -0.05) is 24.6 Å². The van der Waals surface area contributed by atoms with Crippen LogP contribution in [0.4, 0.5) is 0 Å². The predicted molar refractivity (Wildman–Crippen MR) is 118 cm³/mol. The Morgan fingerprint density at radius 1 is 1.19 bits per heavy atom. The molecule has 0 aliphatic carbocycles. The monoisotopic (exact) mass is 426 g/mol. The number of benzene rings is 2. The maximum Gasteiger partial charge on any atom is 0.243 e. The van der Waals surface area contributed by atoms with Crippen molar-refractivity contribution < 1.29 is 23.9 Å². The molecule has 0 spiro atoms. The minimum atomic E-state index is -0.582. The summed E-state index contributed by atoms with van der Waals surface area (Å²) in [5.74, 6) is 0.394. The fraction of sp³-hybridized carbons (Fsp3) is 0.417. The zero-order valence-electron chi connectivity index (χ0n) is 18.3. The number of unbranched alkanes of at least 4 members (excludes halogenated alkanes) is 1. The predicted octanol–water partition coefficient (Wildman–Crippen LogP) is 4.48. The fourth-order valence-corrected chi connectivity index (χ4v) is 3.28. The smallest absolute Gasteiger partial charge is 0.243 e. The summed E-state index contributed by atoms with van der Waals surface area (Å²) in [5.41, 5.74) is 6.85. The lowest BCUT2D eigenvalue weighted by molar-refractivity contribution is -0.140. The standard InChI is InChI=1S/C24H30N2O5/c1-16-8-13-22-20(14-16)25-24(30-22)19-11-9-18(10-12-19)21(27)6-4-5-7-23(28)26-31-17(2)15-29-3/h8-14,17,21,27H,4-7,15H2,1-3H3,(H,26,28)/t17-,21?/m1/s1. The minimum Gasteiger partial charge on any atom is -0.436 e. The normalized spacial score (nSPS) is 13.3. The van der Waals surface area contributed by atoms with Crippen molar-refractivity contribution in [3.63, 3.8) is 0 Å². The number of carbonyl (C=O) groups is 1. The van der Waals surface area contributed by atoms with Gasteiger partial charge in [-0.3, -0.25) is 9.63 Å². The summed E-state index contributed by atoms with van der Waals surface area (Å²) in [7, 11) is 1.58. The van der Waals surface area contributed by atoms with Crippen molar-refractivity contribution in [2.75, 3.05) is 13.7 Å². The van der Waals surface area contributed by atoms with Gasteiger partial charge in [-0.05, 0) is 62.1 Å². The first-order chi connectivity index (χ1) is 15.0. The molecule has 1 heterocycles. The number of ether oxygens (including phenoxy) is 1. The Balaban J connectivity index is 1.44. The van der Waals surface area contributed by atoms with Crippen LogP contribution in [0.3, 0.4) is 0 Å². The highest BCUT2D eigenvalue weighted by atomic mass is 16.7. The highest BCUT2D eigenvalue weighted by Crippen LogP contribution is 2.27. The lowest BCUT2D eigenvalue weighted by atomic mass is 10.0. The zero-order chi connectivity index (χ0) is 22.2. The van der Waals surface area contributed by atoms with E-state index in [0.717, 1.165) is 34.2 Å². The molecule has 166 valence electrons. The molecule has 1 amide bonds. The Bertz CT molecular complexity index is 983. The van der Waals surface area contributed by atoms with Crippen molar-refractivity contribution in [1.82, 2.24) is 10.5 Å². The molecule has 31 heavy (non-hydrogen) atoms. The van der Waals surface area contributed by atoms with Gasteiger partial charge >= 0.3 is 0 Å². The van der Waals surface area contributed by atoms with Crippen LogP contribution in [0.1, 0.15) is 49.8 Å². The summed E-state index contributed by atoms with van der Waals surface area (Å²) in [6.07, 6.45) is 1.55. The van der Waals surface area contributed by atoms with Crippen LogP contribution in [0.15, 0.2) is 46.9 Å². The number of aromatic nitrogens is 1. The van der Waals surface area contributed by atoms with Gasteiger partial charge in [0.2, 0.25) is 11.8 Å². The van der Waals surface area contributed by atoms with E-state index in [1.165, 1.54) is 0 Å². The van der Waals surface area contributed by atoms with Crippen LogP contribution >= 0.6 is 0 Å². The topological polar surface area (TPSA) is 93.8 Å². The molecule has 0 aliphatic rings. The average Bonchev–Trinajstić information content (AvgIpc) is 3.18. The number of fused-ring (bicyclic) bond motifs is 1. The van der Waals surface area contributed by atoms with Crippen LogP contribution in [0.5, 0.6) is 0 Å². The molecule has 0 saturated carbocycles. The molecule has 0 aliphatic heterocycles. The number of aliphatic hydroxyl groups excluding tert-OH is 1. The summed E-state index contributed by atoms with van der Waals surface area (Å²) in [6, 6.07) is 13.5. The van der Waals surface area contributed by atoms with Gasteiger partial charge in [0.25, 0.3) is 0 Å². The van der Waals surface area contributed by atoms with Gasteiger partial charge in [-0.2, -0.15) is 0 Å². The van der Waals surface area contributed by atoms with E-state index >= 15 is 0 Å². The molecule has 1 unspecified atom stereocenters. The molecule has 0 saturated heterocycles. The Labute approximate surface area is 182 Å². The first kappa shape index (κ1) is 22.9. The number of hydrogen-bond acceptors (Lipinski definition) is 6. The van der Waals surface area contributed by atoms with Crippen molar-refractivity contribution in [3.8, 4) is 11.5 Å². The van der Waals surface area contributed by atoms with Crippen molar-refractivity contribution in [2.45, 2.75) is 51.7 Å². The maximum atomic E-state index is 11.8. The Morgan fingerprint density at radius 3 is 2.71 bits per heavy atom. The van der Waals surface area contributed by atoms with E-state index in [1.807, 2.05) is 56.3 Å². The number of methoxy groups -OCH3 is 1. The van der Waals surface area contributed by atoms with Crippen LogP contribution in [0, 0.1) is 6.92 Å². The van der Waals surface area contributed by atoms with E-state index in [-0.39, 0.29) is 12.0 Å². The van der Waals surface area contributed by atoms with E-state index in [0.29, 0.717) is 31.8 Å². The molecule has 7 nitrogen and oxygen atoms in total. The van der Waals surface area contributed by atoms with Gasteiger partial charge in [0.1, 0.15) is 11.6 Å². The van der Waals surface area contributed by atoms with E-state index in [9.17, 15) is 9.90 Å². The quantitative estimate of drug-likeness (QED) is 0.347. The van der Waals surface area contributed by atoms with Gasteiger partial charge in [-0.25, -0.2) is 10.5 Å². The van der Waals surface area contributed by atoms with Gasteiger partial charge in [0.05, 0.1) is 12.7 Å². The Kier molecular flexibility index (Phi) is 8.17. The van der Waals surface area contributed by atoms with Crippen LogP contribution in [-0.2, 0) is 14.4 Å². The van der Waals surface area contributed by atoms with E-state index in [2.05, 4.69) is 10.5 Å². The lowest BCUT2D eigenvalue weighted by Gasteiger charge is -2.13. The van der Waals surface area contributed by atoms with Gasteiger partial charge in [0, 0.05) is 19.1 Å².